The van der Waals surface area contributed by atoms with Gasteiger partial charge in [-0.3, -0.25) is 4.79 Å². The van der Waals surface area contributed by atoms with Gasteiger partial charge in [0.1, 0.15) is 0 Å². The van der Waals surface area contributed by atoms with Gasteiger partial charge in [0.2, 0.25) is 0 Å². The average Bonchev–Trinajstić information content (AvgIpc) is 2.62. The zero-order valence-corrected chi connectivity index (χ0v) is 12.6. The molecule has 0 saturated heterocycles. The molecule has 114 valence electrons. The molecule has 2 rings (SSSR count). The summed E-state index contributed by atoms with van der Waals surface area (Å²) in [7, 11) is 1.41. The molecular weight excluding hydrogens is 328 g/mol. The molecule has 0 fully saturated rings. The SMILES string of the molecule is CC1=NN(C)C(=O)C1(Cl)C(Cl)c1cccc(C(F)(F)F)c1. The van der Waals surface area contributed by atoms with Crippen LogP contribution in [0.3, 0.4) is 0 Å². The first-order valence-corrected chi connectivity index (χ1v) is 6.74. The Kier molecular flexibility index (Phi) is 3.97. The Morgan fingerprint density at radius 3 is 2.48 bits per heavy atom. The molecule has 2 atom stereocenters. The van der Waals surface area contributed by atoms with E-state index in [4.69, 9.17) is 23.2 Å². The molecule has 0 aliphatic carbocycles. The number of benzene rings is 1. The number of nitrogens with zero attached hydrogens (tertiary/aromatic N) is 2. The number of hydrogen-bond donors (Lipinski definition) is 0. The van der Waals surface area contributed by atoms with Crippen LogP contribution in [0, 0.1) is 0 Å². The largest absolute Gasteiger partial charge is 0.416 e. The zero-order valence-electron chi connectivity index (χ0n) is 11.1. The fourth-order valence-corrected chi connectivity index (χ4v) is 2.80. The predicted molar refractivity (Wildman–Crippen MR) is 74.5 cm³/mol. The molecule has 0 spiro atoms. The number of alkyl halides is 5. The molecule has 1 aromatic rings. The number of carbonyl (C=O) groups is 1. The van der Waals surface area contributed by atoms with Crippen molar-refractivity contribution in [2.75, 3.05) is 7.05 Å². The first-order chi connectivity index (χ1) is 9.58. The highest BCUT2D eigenvalue weighted by molar-refractivity contribution is 6.52. The van der Waals surface area contributed by atoms with Crippen molar-refractivity contribution in [3.8, 4) is 0 Å². The monoisotopic (exact) mass is 338 g/mol. The number of amides is 1. The van der Waals surface area contributed by atoms with Crippen LogP contribution in [-0.4, -0.2) is 28.5 Å². The Hall–Kier alpha value is -1.27. The molecule has 0 radical (unpaired) electrons. The van der Waals surface area contributed by atoms with Crippen molar-refractivity contribution in [2.45, 2.75) is 23.4 Å². The summed E-state index contributed by atoms with van der Waals surface area (Å²) in [6.45, 7) is 1.51. The van der Waals surface area contributed by atoms with E-state index in [9.17, 15) is 18.0 Å². The van der Waals surface area contributed by atoms with Crippen LogP contribution in [0.5, 0.6) is 0 Å². The van der Waals surface area contributed by atoms with E-state index in [2.05, 4.69) is 5.10 Å². The predicted octanol–water partition coefficient (Wildman–Crippen LogP) is 3.81. The van der Waals surface area contributed by atoms with Crippen molar-refractivity contribution in [3.05, 3.63) is 35.4 Å². The topological polar surface area (TPSA) is 32.7 Å². The second kappa shape index (κ2) is 5.18. The molecule has 1 aliphatic heterocycles. The molecule has 1 heterocycles. The molecule has 21 heavy (non-hydrogen) atoms. The maximum atomic E-state index is 12.7. The Balaban J connectivity index is 2.44. The Labute approximate surface area is 129 Å². The van der Waals surface area contributed by atoms with Gasteiger partial charge in [0.05, 0.1) is 16.7 Å². The highest BCUT2D eigenvalue weighted by Crippen LogP contribution is 2.44. The summed E-state index contributed by atoms with van der Waals surface area (Å²) in [5, 5.41) is 3.77. The van der Waals surface area contributed by atoms with Gasteiger partial charge in [-0.25, -0.2) is 5.01 Å². The van der Waals surface area contributed by atoms with Crippen LogP contribution in [0.1, 0.15) is 23.4 Å². The van der Waals surface area contributed by atoms with Crippen LogP contribution >= 0.6 is 23.2 Å². The van der Waals surface area contributed by atoms with Crippen LogP contribution in [0.15, 0.2) is 29.4 Å². The third-order valence-corrected chi connectivity index (χ3v) is 4.63. The number of rotatable bonds is 2. The lowest BCUT2D eigenvalue weighted by Crippen LogP contribution is -2.43. The Bertz CT molecular complexity index is 618. The molecule has 3 nitrogen and oxygen atoms in total. The third kappa shape index (κ3) is 2.62. The molecular formula is C13H11Cl2F3N2O. The van der Waals surface area contributed by atoms with Crippen LogP contribution in [0.4, 0.5) is 13.2 Å². The van der Waals surface area contributed by atoms with Crippen molar-refractivity contribution < 1.29 is 18.0 Å². The van der Waals surface area contributed by atoms with Crippen molar-refractivity contribution in [1.29, 1.82) is 0 Å². The molecule has 1 aromatic carbocycles. The van der Waals surface area contributed by atoms with E-state index in [1.54, 1.807) is 0 Å². The minimum Gasteiger partial charge on any atom is -0.270 e. The lowest BCUT2D eigenvalue weighted by Gasteiger charge is -2.26. The minimum atomic E-state index is -4.49. The maximum Gasteiger partial charge on any atom is 0.416 e. The average molecular weight is 339 g/mol. The molecule has 0 N–H and O–H groups in total. The van der Waals surface area contributed by atoms with Gasteiger partial charge in [-0.05, 0) is 18.6 Å². The normalized spacial score (nSPS) is 24.2. The highest BCUT2D eigenvalue weighted by atomic mass is 35.5. The van der Waals surface area contributed by atoms with E-state index in [0.717, 1.165) is 17.1 Å². The molecule has 1 aliphatic rings. The van der Waals surface area contributed by atoms with Gasteiger partial charge in [-0.2, -0.15) is 18.3 Å². The first-order valence-electron chi connectivity index (χ1n) is 5.92. The van der Waals surface area contributed by atoms with Crippen molar-refractivity contribution in [1.82, 2.24) is 5.01 Å². The smallest absolute Gasteiger partial charge is 0.270 e. The number of carbonyl (C=O) groups excluding carboxylic acids is 1. The molecule has 0 bridgehead atoms. The molecule has 0 aromatic heterocycles. The van der Waals surface area contributed by atoms with Gasteiger partial charge in [0.25, 0.3) is 5.91 Å². The summed E-state index contributed by atoms with van der Waals surface area (Å²) in [5.74, 6) is -0.570. The lowest BCUT2D eigenvalue weighted by molar-refractivity contribution is -0.137. The second-order valence-corrected chi connectivity index (χ2v) is 5.74. The van der Waals surface area contributed by atoms with E-state index in [1.807, 2.05) is 0 Å². The molecule has 0 saturated carbocycles. The molecule has 8 heteroatoms. The van der Waals surface area contributed by atoms with E-state index in [-0.39, 0.29) is 11.3 Å². The second-order valence-electron chi connectivity index (χ2n) is 4.71. The molecule has 1 amide bonds. The Morgan fingerprint density at radius 1 is 1.38 bits per heavy atom. The van der Waals surface area contributed by atoms with E-state index >= 15 is 0 Å². The van der Waals surface area contributed by atoms with Crippen molar-refractivity contribution in [3.63, 3.8) is 0 Å². The van der Waals surface area contributed by atoms with Gasteiger partial charge >= 0.3 is 6.18 Å². The van der Waals surface area contributed by atoms with Crippen LogP contribution in [-0.2, 0) is 11.0 Å². The maximum absolute atomic E-state index is 12.7. The van der Waals surface area contributed by atoms with E-state index < -0.39 is 27.9 Å². The molecule has 2 unspecified atom stereocenters. The van der Waals surface area contributed by atoms with Gasteiger partial charge < -0.3 is 0 Å². The summed E-state index contributed by atoms with van der Waals surface area (Å²) >= 11 is 12.5. The summed E-state index contributed by atoms with van der Waals surface area (Å²) < 4.78 is 38.2. The number of hydrogen-bond acceptors (Lipinski definition) is 2. The zero-order chi connectivity index (χ0) is 16.0. The van der Waals surface area contributed by atoms with Crippen molar-refractivity contribution in [2.24, 2.45) is 5.10 Å². The highest BCUT2D eigenvalue weighted by Gasteiger charge is 2.52. The summed E-state index contributed by atoms with van der Waals surface area (Å²) in [6, 6.07) is 4.44. The van der Waals surface area contributed by atoms with Crippen LogP contribution < -0.4 is 0 Å². The van der Waals surface area contributed by atoms with Gasteiger partial charge in [0, 0.05) is 7.05 Å². The third-order valence-electron chi connectivity index (χ3n) is 3.29. The quantitative estimate of drug-likeness (QED) is 0.754. The summed E-state index contributed by atoms with van der Waals surface area (Å²) in [5.41, 5.74) is -0.493. The fraction of sp³-hybridized carbons (Fsp3) is 0.385. The van der Waals surface area contributed by atoms with E-state index in [1.165, 1.54) is 26.1 Å². The minimum absolute atomic E-state index is 0.111. The fourth-order valence-electron chi connectivity index (χ4n) is 2.13. The van der Waals surface area contributed by atoms with Crippen LogP contribution in [0.2, 0.25) is 0 Å². The van der Waals surface area contributed by atoms with E-state index in [0.29, 0.717) is 0 Å². The van der Waals surface area contributed by atoms with Gasteiger partial charge in [-0.1, -0.05) is 29.8 Å². The standard InChI is InChI=1S/C13H11Cl2F3N2O/c1-7-12(15,11(21)20(2)19-7)10(14)8-4-3-5-9(6-8)13(16,17)18/h3-6,10H,1-2H3. The lowest BCUT2D eigenvalue weighted by atomic mass is 9.92. The summed E-state index contributed by atoms with van der Waals surface area (Å²) in [6.07, 6.45) is -4.49. The number of hydrazone groups is 1. The van der Waals surface area contributed by atoms with Gasteiger partial charge in [-0.15, -0.1) is 11.6 Å². The van der Waals surface area contributed by atoms with Crippen molar-refractivity contribution >= 4 is 34.8 Å². The van der Waals surface area contributed by atoms with Crippen LogP contribution in [0.25, 0.3) is 0 Å². The summed E-state index contributed by atoms with van der Waals surface area (Å²) in [4.78, 5) is 10.4. The number of halogens is 5. The Morgan fingerprint density at radius 2 is 2.00 bits per heavy atom. The first kappa shape index (κ1) is 16.1. The van der Waals surface area contributed by atoms with Gasteiger partial charge in [0.15, 0.2) is 4.87 Å².